The summed E-state index contributed by atoms with van der Waals surface area (Å²) in [6.45, 7) is 7.13. The highest BCUT2D eigenvalue weighted by molar-refractivity contribution is 6.10. The van der Waals surface area contributed by atoms with Gasteiger partial charge in [0, 0.05) is 5.92 Å². The molecule has 30 heavy (non-hydrogen) atoms. The molecule has 4 rings (SSSR count). The number of urea groups is 1. The number of benzene rings is 1. The Kier molecular flexibility index (Phi) is 4.83. The molecule has 2 aliphatic rings. The predicted molar refractivity (Wildman–Crippen MR) is 109 cm³/mol. The van der Waals surface area contributed by atoms with Crippen LogP contribution in [0.1, 0.15) is 50.9 Å². The van der Waals surface area contributed by atoms with Crippen LogP contribution < -0.4 is 10.6 Å². The largest absolute Gasteiger partial charge is 0.334 e. The summed E-state index contributed by atoms with van der Waals surface area (Å²) in [5, 5.41) is 9.54. The highest BCUT2D eigenvalue weighted by Gasteiger charge is 2.56. The van der Waals surface area contributed by atoms with E-state index >= 15 is 0 Å². The monoisotopic (exact) mass is 411 g/mol. The summed E-state index contributed by atoms with van der Waals surface area (Å²) in [7, 11) is 0. The quantitative estimate of drug-likeness (QED) is 0.706. The van der Waals surface area contributed by atoms with Crippen molar-refractivity contribution in [2.24, 2.45) is 5.92 Å². The molecule has 4 amide bonds. The Hall–Kier alpha value is -3.23. The topological polar surface area (TPSA) is 117 Å². The van der Waals surface area contributed by atoms with E-state index in [9.17, 15) is 14.4 Å². The maximum Gasteiger partial charge on any atom is 0.325 e. The molecule has 1 aromatic heterocycles. The van der Waals surface area contributed by atoms with E-state index in [0.29, 0.717) is 23.0 Å². The van der Waals surface area contributed by atoms with Crippen LogP contribution in [0.5, 0.6) is 0 Å². The van der Waals surface area contributed by atoms with Crippen LogP contribution in [0, 0.1) is 12.8 Å². The Morgan fingerprint density at radius 2 is 2.10 bits per heavy atom. The van der Waals surface area contributed by atoms with Crippen LogP contribution in [-0.2, 0) is 9.59 Å². The molecule has 158 valence electrons. The number of aryl methyl sites for hydroxylation is 1. The summed E-state index contributed by atoms with van der Waals surface area (Å²) in [5.41, 5.74) is 0.980. The normalized spacial score (nSPS) is 21.3. The number of amides is 4. The third-order valence-corrected chi connectivity index (χ3v) is 5.72. The van der Waals surface area contributed by atoms with Crippen LogP contribution in [0.2, 0.25) is 0 Å². The first-order valence-corrected chi connectivity index (χ1v) is 10.1. The fourth-order valence-corrected chi connectivity index (χ4v) is 3.71. The number of aromatic nitrogens is 2. The van der Waals surface area contributed by atoms with Crippen molar-refractivity contribution < 1.29 is 18.9 Å². The van der Waals surface area contributed by atoms with Gasteiger partial charge in [-0.15, -0.1) is 0 Å². The number of carbonyl (C=O) groups is 3. The lowest BCUT2D eigenvalue weighted by molar-refractivity contribution is -0.134. The molecule has 1 aromatic carbocycles. The Balaban J connectivity index is 1.54. The number of rotatable bonds is 6. The number of para-hydroxylation sites is 1. The van der Waals surface area contributed by atoms with Gasteiger partial charge in [0.2, 0.25) is 5.91 Å². The van der Waals surface area contributed by atoms with Crippen molar-refractivity contribution in [3.8, 4) is 11.5 Å². The summed E-state index contributed by atoms with van der Waals surface area (Å²) in [4.78, 5) is 43.2. The minimum Gasteiger partial charge on any atom is -0.334 e. The second-order valence-electron chi connectivity index (χ2n) is 8.46. The van der Waals surface area contributed by atoms with E-state index < -0.39 is 17.5 Å². The number of nitrogens with one attached hydrogen (secondary N) is 2. The molecule has 2 N–H and O–H groups in total. The standard InChI is InChI=1S/C21H25N5O4/c1-11(2)17-23-18(30-25-17)14-7-5-6-12(3)16(14)22-15(27)10-26-19(28)21(4,13-8-9-13)24-20(26)29/h5-7,11,13H,8-10H2,1-4H3,(H,22,27)(H,24,29). The van der Waals surface area contributed by atoms with Gasteiger partial charge in [-0.2, -0.15) is 4.98 Å². The summed E-state index contributed by atoms with van der Waals surface area (Å²) in [5.74, 6) is 0.284. The molecule has 1 aliphatic carbocycles. The van der Waals surface area contributed by atoms with E-state index in [-0.39, 0.29) is 24.3 Å². The maximum absolute atomic E-state index is 12.8. The summed E-state index contributed by atoms with van der Waals surface area (Å²) < 4.78 is 5.38. The Morgan fingerprint density at radius 3 is 2.73 bits per heavy atom. The molecule has 1 saturated heterocycles. The Labute approximate surface area is 174 Å². The highest BCUT2D eigenvalue weighted by Crippen LogP contribution is 2.42. The zero-order valence-corrected chi connectivity index (χ0v) is 17.5. The number of hydrogen-bond acceptors (Lipinski definition) is 6. The van der Waals surface area contributed by atoms with Crippen LogP contribution in [0.15, 0.2) is 22.7 Å². The maximum atomic E-state index is 12.8. The number of carbonyl (C=O) groups excluding carboxylic acids is 3. The molecule has 9 heteroatoms. The van der Waals surface area contributed by atoms with Gasteiger partial charge in [0.1, 0.15) is 12.1 Å². The van der Waals surface area contributed by atoms with Crippen molar-refractivity contribution in [2.75, 3.05) is 11.9 Å². The number of hydrogen-bond donors (Lipinski definition) is 2. The van der Waals surface area contributed by atoms with Crippen molar-refractivity contribution in [2.45, 2.75) is 52.0 Å². The zero-order chi connectivity index (χ0) is 21.6. The van der Waals surface area contributed by atoms with Crippen molar-refractivity contribution in [1.82, 2.24) is 20.4 Å². The molecule has 1 unspecified atom stereocenters. The van der Waals surface area contributed by atoms with Gasteiger partial charge in [-0.25, -0.2) is 4.79 Å². The molecule has 1 saturated carbocycles. The van der Waals surface area contributed by atoms with Gasteiger partial charge in [-0.3, -0.25) is 14.5 Å². The van der Waals surface area contributed by atoms with E-state index in [1.807, 2.05) is 32.9 Å². The van der Waals surface area contributed by atoms with E-state index in [0.717, 1.165) is 23.3 Å². The average molecular weight is 411 g/mol. The van der Waals surface area contributed by atoms with Crippen molar-refractivity contribution in [3.05, 3.63) is 29.6 Å². The Morgan fingerprint density at radius 1 is 1.37 bits per heavy atom. The molecule has 2 fully saturated rings. The van der Waals surface area contributed by atoms with Gasteiger partial charge in [0.25, 0.3) is 11.8 Å². The fraction of sp³-hybridized carbons (Fsp3) is 0.476. The van der Waals surface area contributed by atoms with Gasteiger partial charge in [-0.05, 0) is 44.2 Å². The number of imide groups is 1. The number of anilines is 1. The minimum atomic E-state index is -0.914. The molecule has 1 aliphatic heterocycles. The van der Waals surface area contributed by atoms with Crippen LogP contribution in [-0.4, -0.2) is 45.0 Å². The molecule has 2 heterocycles. The van der Waals surface area contributed by atoms with Crippen LogP contribution in [0.25, 0.3) is 11.5 Å². The lowest BCUT2D eigenvalue weighted by atomic mass is 9.96. The molecular formula is C21H25N5O4. The van der Waals surface area contributed by atoms with Crippen molar-refractivity contribution >= 4 is 23.5 Å². The summed E-state index contributed by atoms with van der Waals surface area (Å²) in [6.07, 6.45) is 1.80. The van der Waals surface area contributed by atoms with Crippen molar-refractivity contribution in [3.63, 3.8) is 0 Å². The van der Waals surface area contributed by atoms with Gasteiger partial charge in [0.05, 0.1) is 11.3 Å². The predicted octanol–water partition coefficient (Wildman–Crippen LogP) is 2.83. The minimum absolute atomic E-state index is 0.103. The molecule has 2 aromatic rings. The molecule has 1 atom stereocenters. The smallest absolute Gasteiger partial charge is 0.325 e. The van der Waals surface area contributed by atoms with E-state index in [1.54, 1.807) is 13.0 Å². The SMILES string of the molecule is Cc1cccc(-c2nc(C(C)C)no2)c1NC(=O)CN1C(=O)NC(C)(C2CC2)C1=O. The summed E-state index contributed by atoms with van der Waals surface area (Å²) in [6, 6.07) is 4.92. The molecule has 0 bridgehead atoms. The van der Waals surface area contributed by atoms with Crippen LogP contribution >= 0.6 is 0 Å². The Bertz CT molecular complexity index is 1030. The third kappa shape index (κ3) is 3.44. The fourth-order valence-electron chi connectivity index (χ4n) is 3.71. The average Bonchev–Trinajstić information content (AvgIpc) is 3.39. The van der Waals surface area contributed by atoms with Crippen LogP contribution in [0.3, 0.4) is 0 Å². The van der Waals surface area contributed by atoms with E-state index in [2.05, 4.69) is 20.8 Å². The van der Waals surface area contributed by atoms with Gasteiger partial charge in [-0.1, -0.05) is 31.1 Å². The van der Waals surface area contributed by atoms with Gasteiger partial charge in [0.15, 0.2) is 5.82 Å². The van der Waals surface area contributed by atoms with Crippen LogP contribution in [0.4, 0.5) is 10.5 Å². The third-order valence-electron chi connectivity index (χ3n) is 5.72. The zero-order valence-electron chi connectivity index (χ0n) is 17.5. The molecular weight excluding hydrogens is 386 g/mol. The second kappa shape index (κ2) is 7.23. The van der Waals surface area contributed by atoms with Crippen molar-refractivity contribution in [1.29, 1.82) is 0 Å². The summed E-state index contributed by atoms with van der Waals surface area (Å²) >= 11 is 0. The molecule has 9 nitrogen and oxygen atoms in total. The molecule has 0 radical (unpaired) electrons. The van der Waals surface area contributed by atoms with E-state index in [4.69, 9.17) is 4.52 Å². The molecule has 0 spiro atoms. The highest BCUT2D eigenvalue weighted by atomic mass is 16.5. The first-order valence-electron chi connectivity index (χ1n) is 10.1. The lowest BCUT2D eigenvalue weighted by Crippen LogP contribution is -2.46. The van der Waals surface area contributed by atoms with Gasteiger partial charge < -0.3 is 15.2 Å². The van der Waals surface area contributed by atoms with Gasteiger partial charge >= 0.3 is 6.03 Å². The number of nitrogens with zero attached hydrogens (tertiary/aromatic N) is 3. The first kappa shape index (κ1) is 20.1. The van der Waals surface area contributed by atoms with E-state index in [1.165, 1.54) is 0 Å². The first-order chi connectivity index (χ1) is 14.2. The second-order valence-corrected chi connectivity index (χ2v) is 8.46. The lowest BCUT2D eigenvalue weighted by Gasteiger charge is -2.21.